The smallest absolute Gasteiger partial charge is 0.0790 e. The summed E-state index contributed by atoms with van der Waals surface area (Å²) in [6.45, 7) is 0.650. The van der Waals surface area contributed by atoms with E-state index in [1.807, 2.05) is 12.1 Å². The van der Waals surface area contributed by atoms with Crippen LogP contribution in [0.15, 0.2) is 34.8 Å². The summed E-state index contributed by atoms with van der Waals surface area (Å²) in [6, 6.07) is 10.4. The van der Waals surface area contributed by atoms with E-state index in [0.717, 1.165) is 22.3 Å². The van der Waals surface area contributed by atoms with Gasteiger partial charge in [0.1, 0.15) is 0 Å². The number of rotatable bonds is 4. The van der Waals surface area contributed by atoms with Gasteiger partial charge in [-0.2, -0.15) is 5.10 Å². The van der Waals surface area contributed by atoms with Crippen LogP contribution >= 0.6 is 15.9 Å². The molecule has 3 rings (SSSR count). The van der Waals surface area contributed by atoms with Crippen molar-refractivity contribution in [3.05, 3.63) is 46.2 Å². The van der Waals surface area contributed by atoms with Crippen molar-refractivity contribution < 1.29 is 0 Å². The van der Waals surface area contributed by atoms with Crippen molar-refractivity contribution >= 4 is 15.9 Å². The minimum Gasteiger partial charge on any atom is -0.330 e. The van der Waals surface area contributed by atoms with Gasteiger partial charge in [0, 0.05) is 22.5 Å². The third-order valence-electron chi connectivity index (χ3n) is 3.26. The Morgan fingerprint density at radius 2 is 2.11 bits per heavy atom. The number of nitrogens with two attached hydrogens (primary N) is 1. The van der Waals surface area contributed by atoms with Crippen LogP contribution in [0.2, 0.25) is 0 Å². The molecule has 0 atom stereocenters. The van der Waals surface area contributed by atoms with Crippen LogP contribution < -0.4 is 5.73 Å². The zero-order chi connectivity index (χ0) is 12.5. The van der Waals surface area contributed by atoms with Crippen molar-refractivity contribution in [2.75, 3.05) is 6.54 Å². The van der Waals surface area contributed by atoms with Crippen LogP contribution in [-0.4, -0.2) is 16.3 Å². The fourth-order valence-corrected chi connectivity index (χ4v) is 2.66. The lowest BCUT2D eigenvalue weighted by molar-refractivity contribution is 0.779. The molecule has 1 fully saturated rings. The maximum Gasteiger partial charge on any atom is 0.0790 e. The van der Waals surface area contributed by atoms with E-state index in [1.54, 1.807) is 0 Å². The molecule has 0 spiro atoms. The minimum absolute atomic E-state index is 0.650. The molecular formula is C14H16BrN3. The molecule has 0 saturated heterocycles. The van der Waals surface area contributed by atoms with Gasteiger partial charge in [0.15, 0.2) is 0 Å². The van der Waals surface area contributed by atoms with Crippen LogP contribution in [0.5, 0.6) is 0 Å². The van der Waals surface area contributed by atoms with Gasteiger partial charge in [-0.3, -0.25) is 0 Å². The second kappa shape index (κ2) is 4.86. The summed E-state index contributed by atoms with van der Waals surface area (Å²) >= 11 is 3.60. The fourth-order valence-electron chi connectivity index (χ4n) is 2.20. The summed E-state index contributed by atoms with van der Waals surface area (Å²) in [5.74, 6) is 0.677. The number of nitrogens with zero attached hydrogens (tertiary/aromatic N) is 2. The zero-order valence-corrected chi connectivity index (χ0v) is 11.7. The van der Waals surface area contributed by atoms with E-state index in [9.17, 15) is 0 Å². The summed E-state index contributed by atoms with van der Waals surface area (Å²) in [7, 11) is 0. The average molecular weight is 306 g/mol. The van der Waals surface area contributed by atoms with Gasteiger partial charge >= 0.3 is 0 Å². The summed E-state index contributed by atoms with van der Waals surface area (Å²) in [5.41, 5.74) is 9.15. The molecule has 2 N–H and O–H groups in total. The Kier molecular flexibility index (Phi) is 3.22. The Labute approximate surface area is 115 Å². The van der Waals surface area contributed by atoms with E-state index in [0.29, 0.717) is 12.5 Å². The lowest BCUT2D eigenvalue weighted by atomic mass is 10.2. The first-order valence-corrected chi connectivity index (χ1v) is 7.12. The van der Waals surface area contributed by atoms with Gasteiger partial charge in [0.25, 0.3) is 0 Å². The second-order valence-electron chi connectivity index (χ2n) is 4.74. The Morgan fingerprint density at radius 3 is 2.78 bits per heavy atom. The first kappa shape index (κ1) is 11.9. The van der Waals surface area contributed by atoms with E-state index >= 15 is 0 Å². The van der Waals surface area contributed by atoms with Crippen LogP contribution in [0, 0.1) is 0 Å². The van der Waals surface area contributed by atoms with Gasteiger partial charge in [-0.05, 0) is 53.5 Å². The van der Waals surface area contributed by atoms with Crippen molar-refractivity contribution in [3.8, 4) is 5.69 Å². The number of hydrogen-bond acceptors (Lipinski definition) is 2. The standard InChI is InChI=1S/C14H16BrN3/c15-12-3-1-2-4-13(12)18-14(10-5-6-10)9-11(17-18)7-8-16/h1-4,9-10H,5-8,16H2. The molecule has 1 saturated carbocycles. The van der Waals surface area contributed by atoms with Crippen molar-refractivity contribution in [2.24, 2.45) is 5.73 Å². The van der Waals surface area contributed by atoms with Crippen LogP contribution in [0.3, 0.4) is 0 Å². The SMILES string of the molecule is NCCc1cc(C2CC2)n(-c2ccccc2Br)n1. The van der Waals surface area contributed by atoms with Crippen molar-refractivity contribution in [3.63, 3.8) is 0 Å². The molecule has 4 heteroatoms. The molecular weight excluding hydrogens is 290 g/mol. The first-order chi connectivity index (χ1) is 8.79. The molecule has 1 aromatic heterocycles. The molecule has 0 bridgehead atoms. The van der Waals surface area contributed by atoms with Crippen LogP contribution in [0.25, 0.3) is 5.69 Å². The van der Waals surface area contributed by atoms with Crippen LogP contribution in [-0.2, 0) is 6.42 Å². The molecule has 1 heterocycles. The van der Waals surface area contributed by atoms with E-state index in [1.165, 1.54) is 18.5 Å². The number of para-hydroxylation sites is 1. The molecule has 0 unspecified atom stereocenters. The summed E-state index contributed by atoms with van der Waals surface area (Å²) in [6.07, 6.45) is 3.40. The zero-order valence-electron chi connectivity index (χ0n) is 10.1. The minimum atomic E-state index is 0.650. The van der Waals surface area contributed by atoms with Gasteiger partial charge < -0.3 is 5.73 Å². The first-order valence-electron chi connectivity index (χ1n) is 6.33. The maximum atomic E-state index is 5.62. The summed E-state index contributed by atoms with van der Waals surface area (Å²) in [4.78, 5) is 0. The van der Waals surface area contributed by atoms with Gasteiger partial charge in [-0.1, -0.05) is 12.1 Å². The van der Waals surface area contributed by atoms with E-state index in [4.69, 9.17) is 10.8 Å². The molecule has 0 amide bonds. The van der Waals surface area contributed by atoms with E-state index in [2.05, 4.69) is 38.8 Å². The predicted molar refractivity (Wildman–Crippen MR) is 76.0 cm³/mol. The highest BCUT2D eigenvalue weighted by Crippen LogP contribution is 2.41. The molecule has 1 aliphatic rings. The number of halogens is 1. The van der Waals surface area contributed by atoms with Gasteiger partial charge in [0.05, 0.1) is 11.4 Å². The van der Waals surface area contributed by atoms with E-state index in [-0.39, 0.29) is 0 Å². The summed E-state index contributed by atoms with van der Waals surface area (Å²) in [5, 5.41) is 4.70. The molecule has 94 valence electrons. The quantitative estimate of drug-likeness (QED) is 0.943. The lowest BCUT2D eigenvalue weighted by Crippen LogP contribution is -2.05. The van der Waals surface area contributed by atoms with Crippen molar-refractivity contribution in [1.29, 1.82) is 0 Å². The Morgan fingerprint density at radius 1 is 1.33 bits per heavy atom. The maximum absolute atomic E-state index is 5.62. The average Bonchev–Trinajstić information content (AvgIpc) is 3.13. The lowest BCUT2D eigenvalue weighted by Gasteiger charge is -2.08. The highest BCUT2D eigenvalue weighted by Gasteiger charge is 2.28. The third-order valence-corrected chi connectivity index (χ3v) is 3.93. The molecule has 1 aliphatic carbocycles. The third kappa shape index (κ3) is 2.22. The largest absolute Gasteiger partial charge is 0.330 e. The summed E-state index contributed by atoms with van der Waals surface area (Å²) < 4.78 is 3.15. The molecule has 2 aromatic rings. The normalized spacial score (nSPS) is 15.0. The molecule has 0 radical (unpaired) electrons. The number of benzene rings is 1. The Hall–Kier alpha value is -1.13. The molecule has 18 heavy (non-hydrogen) atoms. The highest BCUT2D eigenvalue weighted by atomic mass is 79.9. The molecule has 3 nitrogen and oxygen atoms in total. The van der Waals surface area contributed by atoms with Crippen LogP contribution in [0.4, 0.5) is 0 Å². The van der Waals surface area contributed by atoms with Crippen molar-refractivity contribution in [2.45, 2.75) is 25.2 Å². The second-order valence-corrected chi connectivity index (χ2v) is 5.59. The Balaban J connectivity index is 2.07. The Bertz CT molecular complexity index is 558. The van der Waals surface area contributed by atoms with Crippen LogP contribution in [0.1, 0.15) is 30.1 Å². The van der Waals surface area contributed by atoms with Gasteiger partial charge in [-0.15, -0.1) is 0 Å². The van der Waals surface area contributed by atoms with Crippen molar-refractivity contribution in [1.82, 2.24) is 9.78 Å². The van der Waals surface area contributed by atoms with E-state index < -0.39 is 0 Å². The molecule has 0 aliphatic heterocycles. The number of hydrogen-bond donors (Lipinski definition) is 1. The van der Waals surface area contributed by atoms with Gasteiger partial charge in [0.2, 0.25) is 0 Å². The molecule has 1 aromatic carbocycles. The predicted octanol–water partition coefficient (Wildman–Crippen LogP) is 3.01. The van der Waals surface area contributed by atoms with Gasteiger partial charge in [-0.25, -0.2) is 4.68 Å². The fraction of sp³-hybridized carbons (Fsp3) is 0.357. The topological polar surface area (TPSA) is 43.8 Å². The number of aromatic nitrogens is 2. The monoisotopic (exact) mass is 305 g/mol. The highest BCUT2D eigenvalue weighted by molar-refractivity contribution is 9.10.